The molecule has 0 aliphatic carbocycles. The minimum atomic E-state index is 0.860. The van der Waals surface area contributed by atoms with Crippen LogP contribution in [0.4, 0.5) is 0 Å². The summed E-state index contributed by atoms with van der Waals surface area (Å²) < 4.78 is 4.35. The maximum Gasteiger partial charge on any atom is 0.243 e. The van der Waals surface area contributed by atoms with Gasteiger partial charge in [0.15, 0.2) is 0 Å². The molecule has 0 radical (unpaired) electrons. The molecular weight excluding hydrogens is 204 g/mol. The van der Waals surface area contributed by atoms with E-state index in [2.05, 4.69) is 60.5 Å². The first-order valence-corrected chi connectivity index (χ1v) is 6.93. The van der Waals surface area contributed by atoms with Crippen molar-refractivity contribution in [2.45, 2.75) is 44.9 Å². The summed E-state index contributed by atoms with van der Waals surface area (Å²) in [5.41, 5.74) is 0. The molecular formula is C12H23N2S+. The van der Waals surface area contributed by atoms with E-state index in [0.717, 1.165) is 11.8 Å². The number of hydrogen-bond donors (Lipinski definition) is 0. The van der Waals surface area contributed by atoms with Crippen molar-refractivity contribution in [1.82, 2.24) is 4.57 Å². The van der Waals surface area contributed by atoms with Crippen LogP contribution in [0.2, 0.25) is 0 Å². The number of rotatable bonds is 7. The van der Waals surface area contributed by atoms with Gasteiger partial charge in [0.1, 0.15) is 12.4 Å². The van der Waals surface area contributed by atoms with Gasteiger partial charge in [0.05, 0.1) is 13.6 Å². The molecule has 1 atom stereocenters. The van der Waals surface area contributed by atoms with Gasteiger partial charge in [-0.1, -0.05) is 20.3 Å². The minimum absolute atomic E-state index is 0.860. The Hall–Kier alpha value is -0.440. The van der Waals surface area contributed by atoms with Gasteiger partial charge in [-0.05, 0) is 12.8 Å². The number of aryl methyl sites for hydroxylation is 2. The van der Waals surface area contributed by atoms with Gasteiger partial charge in [-0.3, -0.25) is 0 Å². The zero-order chi connectivity index (χ0) is 11.1. The lowest BCUT2D eigenvalue weighted by Crippen LogP contribution is -2.23. The molecule has 0 saturated heterocycles. The van der Waals surface area contributed by atoms with Crippen LogP contribution in [0.25, 0.3) is 0 Å². The zero-order valence-corrected chi connectivity index (χ0v) is 11.0. The van der Waals surface area contributed by atoms with Crippen LogP contribution < -0.4 is 4.57 Å². The zero-order valence-electron chi connectivity index (χ0n) is 10.1. The fraction of sp³-hybridized carbons (Fsp3) is 0.750. The van der Waals surface area contributed by atoms with E-state index < -0.39 is 0 Å². The van der Waals surface area contributed by atoms with E-state index in [1.807, 2.05) is 0 Å². The van der Waals surface area contributed by atoms with Gasteiger partial charge < -0.3 is 0 Å². The first-order chi connectivity index (χ1) is 7.26. The van der Waals surface area contributed by atoms with Crippen LogP contribution in [0.3, 0.4) is 0 Å². The van der Waals surface area contributed by atoms with Crippen molar-refractivity contribution < 1.29 is 4.57 Å². The Morgan fingerprint density at radius 1 is 1.40 bits per heavy atom. The topological polar surface area (TPSA) is 8.81 Å². The number of hydrogen-bond acceptors (Lipinski definition) is 1. The van der Waals surface area contributed by atoms with Crippen LogP contribution in [-0.2, 0) is 13.6 Å². The van der Waals surface area contributed by atoms with E-state index in [1.165, 1.54) is 25.0 Å². The second kappa shape index (κ2) is 6.94. The lowest BCUT2D eigenvalue weighted by atomic mass is 10.2. The highest BCUT2D eigenvalue weighted by Gasteiger charge is 2.06. The van der Waals surface area contributed by atoms with Crippen LogP contribution >= 0.6 is 11.8 Å². The molecule has 3 heteroatoms. The highest BCUT2D eigenvalue weighted by atomic mass is 32.2. The van der Waals surface area contributed by atoms with Gasteiger partial charge in [-0.25, -0.2) is 9.13 Å². The largest absolute Gasteiger partial charge is 0.243 e. The van der Waals surface area contributed by atoms with Gasteiger partial charge in [0.2, 0.25) is 6.33 Å². The molecule has 86 valence electrons. The second-order valence-corrected chi connectivity index (χ2v) is 5.41. The van der Waals surface area contributed by atoms with Crippen molar-refractivity contribution in [2.75, 3.05) is 5.75 Å². The summed E-state index contributed by atoms with van der Waals surface area (Å²) in [6, 6.07) is 0. The number of imidazole rings is 1. The van der Waals surface area contributed by atoms with Crippen molar-refractivity contribution >= 4 is 11.8 Å². The standard InChI is InChI=1S/C12H23N2S/c1-4-6-12(5-2)15-10-9-14-8-7-13(3)11-14/h7-8,11-12H,4-6,9-10H2,1-3H3/q+1. The Balaban J connectivity index is 2.20. The number of thioether (sulfide) groups is 1. The molecule has 0 bridgehead atoms. The highest BCUT2D eigenvalue weighted by molar-refractivity contribution is 7.99. The van der Waals surface area contributed by atoms with Crippen LogP contribution in [0, 0.1) is 0 Å². The third-order valence-electron chi connectivity index (χ3n) is 2.59. The highest BCUT2D eigenvalue weighted by Crippen LogP contribution is 2.19. The third-order valence-corrected chi connectivity index (χ3v) is 4.05. The maximum absolute atomic E-state index is 2.29. The molecule has 1 aromatic rings. The Morgan fingerprint density at radius 2 is 2.20 bits per heavy atom. The molecule has 1 unspecified atom stereocenters. The molecule has 2 nitrogen and oxygen atoms in total. The molecule has 0 saturated carbocycles. The number of aromatic nitrogens is 2. The second-order valence-electron chi connectivity index (χ2n) is 4.01. The van der Waals surface area contributed by atoms with Crippen molar-refractivity contribution in [3.05, 3.63) is 18.7 Å². The van der Waals surface area contributed by atoms with Gasteiger partial charge >= 0.3 is 0 Å². The lowest BCUT2D eigenvalue weighted by Gasteiger charge is -2.11. The van der Waals surface area contributed by atoms with Crippen LogP contribution in [0.1, 0.15) is 33.1 Å². The Labute approximate surface area is 97.7 Å². The van der Waals surface area contributed by atoms with Gasteiger partial charge in [0, 0.05) is 11.0 Å². The SMILES string of the molecule is CCCC(CC)SCCn1cc[n+](C)c1. The summed E-state index contributed by atoms with van der Waals surface area (Å²) in [6.07, 6.45) is 10.3. The predicted molar refractivity (Wildman–Crippen MR) is 67.1 cm³/mol. The van der Waals surface area contributed by atoms with Crippen LogP contribution in [0.5, 0.6) is 0 Å². The maximum atomic E-state index is 2.29. The summed E-state index contributed by atoms with van der Waals surface area (Å²) in [5.74, 6) is 1.23. The molecule has 0 fully saturated rings. The van der Waals surface area contributed by atoms with Crippen LogP contribution in [-0.4, -0.2) is 15.6 Å². The molecule has 1 aromatic heterocycles. The van der Waals surface area contributed by atoms with E-state index in [1.54, 1.807) is 0 Å². The normalized spacial score (nSPS) is 13.0. The molecule has 0 N–H and O–H groups in total. The monoisotopic (exact) mass is 227 g/mol. The average molecular weight is 227 g/mol. The van der Waals surface area contributed by atoms with Gasteiger partial charge in [0.25, 0.3) is 0 Å². The molecule has 0 aliphatic rings. The van der Waals surface area contributed by atoms with E-state index in [9.17, 15) is 0 Å². The van der Waals surface area contributed by atoms with Crippen LogP contribution in [0.15, 0.2) is 18.7 Å². The smallest absolute Gasteiger partial charge is 0.240 e. The van der Waals surface area contributed by atoms with Crippen molar-refractivity contribution in [2.24, 2.45) is 7.05 Å². The number of nitrogens with zero attached hydrogens (tertiary/aromatic N) is 2. The van der Waals surface area contributed by atoms with Crippen molar-refractivity contribution in [3.8, 4) is 0 Å². The molecule has 1 heterocycles. The average Bonchev–Trinajstić information content (AvgIpc) is 2.63. The quantitative estimate of drug-likeness (QED) is 0.650. The van der Waals surface area contributed by atoms with Gasteiger partial charge in [-0.2, -0.15) is 11.8 Å². The summed E-state index contributed by atoms with van der Waals surface area (Å²) in [4.78, 5) is 0. The predicted octanol–water partition coefficient (Wildman–Crippen LogP) is 2.62. The molecule has 1 rings (SSSR count). The lowest BCUT2D eigenvalue weighted by molar-refractivity contribution is -0.671. The third kappa shape index (κ3) is 4.74. The molecule has 0 amide bonds. The fourth-order valence-corrected chi connectivity index (χ4v) is 2.97. The minimum Gasteiger partial charge on any atom is -0.240 e. The first kappa shape index (κ1) is 12.6. The molecule has 15 heavy (non-hydrogen) atoms. The Kier molecular flexibility index (Phi) is 5.84. The molecule has 0 aromatic carbocycles. The Bertz CT molecular complexity index is 270. The van der Waals surface area contributed by atoms with Crippen molar-refractivity contribution in [1.29, 1.82) is 0 Å². The van der Waals surface area contributed by atoms with E-state index >= 15 is 0 Å². The fourth-order valence-electron chi connectivity index (χ4n) is 1.69. The summed E-state index contributed by atoms with van der Waals surface area (Å²) >= 11 is 2.12. The van der Waals surface area contributed by atoms with E-state index in [4.69, 9.17) is 0 Å². The summed E-state index contributed by atoms with van der Waals surface area (Å²) in [5, 5.41) is 0.860. The van der Waals surface area contributed by atoms with E-state index in [-0.39, 0.29) is 0 Å². The summed E-state index contributed by atoms with van der Waals surface area (Å²) in [7, 11) is 2.07. The summed E-state index contributed by atoms with van der Waals surface area (Å²) in [6.45, 7) is 5.70. The Morgan fingerprint density at radius 3 is 2.73 bits per heavy atom. The molecule has 0 spiro atoms. The van der Waals surface area contributed by atoms with E-state index in [0.29, 0.717) is 0 Å². The van der Waals surface area contributed by atoms with Crippen molar-refractivity contribution in [3.63, 3.8) is 0 Å². The first-order valence-electron chi connectivity index (χ1n) is 5.88. The van der Waals surface area contributed by atoms with Gasteiger partial charge in [-0.15, -0.1) is 0 Å². The molecule has 0 aliphatic heterocycles.